The number of rotatable bonds is 4. The van der Waals surface area contributed by atoms with Crippen LogP contribution in [-0.2, 0) is 11.2 Å². The van der Waals surface area contributed by atoms with Crippen LogP contribution in [0.4, 0.5) is 13.6 Å². The van der Waals surface area contributed by atoms with Gasteiger partial charge in [-0.15, -0.1) is 0 Å². The second-order valence-electron chi connectivity index (χ2n) is 9.66. The predicted molar refractivity (Wildman–Crippen MR) is 129 cm³/mol. The van der Waals surface area contributed by atoms with Crippen molar-refractivity contribution in [2.45, 2.75) is 51.7 Å². The molecule has 1 aliphatic carbocycles. The van der Waals surface area contributed by atoms with Gasteiger partial charge in [-0.25, -0.2) is 23.1 Å². The molecule has 2 heterocycles. The van der Waals surface area contributed by atoms with Gasteiger partial charge >= 0.3 is 6.09 Å². The van der Waals surface area contributed by atoms with Crippen LogP contribution in [-0.4, -0.2) is 26.3 Å². The molecule has 35 heavy (non-hydrogen) atoms. The van der Waals surface area contributed by atoms with Crippen LogP contribution in [0.5, 0.6) is 0 Å². The number of carbonyl (C=O) groups excluding carboxylic acids is 1. The van der Waals surface area contributed by atoms with E-state index in [4.69, 9.17) is 9.72 Å². The van der Waals surface area contributed by atoms with Gasteiger partial charge in [-0.1, -0.05) is 42.5 Å². The number of aromatic nitrogens is 3. The summed E-state index contributed by atoms with van der Waals surface area (Å²) in [5.41, 5.74) is 4.81. The summed E-state index contributed by atoms with van der Waals surface area (Å²) in [6.07, 6.45) is -1.55. The Hall–Kier alpha value is -3.81. The molecule has 2 aromatic carbocycles. The van der Waals surface area contributed by atoms with Gasteiger partial charge in [-0.2, -0.15) is 5.10 Å². The van der Waals surface area contributed by atoms with Crippen molar-refractivity contribution in [3.63, 3.8) is 0 Å². The third kappa shape index (κ3) is 4.60. The second kappa shape index (κ2) is 8.76. The molecule has 4 aromatic rings. The van der Waals surface area contributed by atoms with E-state index in [0.717, 1.165) is 35.1 Å². The first kappa shape index (κ1) is 23.0. The van der Waals surface area contributed by atoms with Crippen molar-refractivity contribution in [2.24, 2.45) is 0 Å². The summed E-state index contributed by atoms with van der Waals surface area (Å²) in [6, 6.07) is 18.3. The number of aryl methyl sites for hydroxylation is 1. The molecule has 1 amide bonds. The quantitative estimate of drug-likeness (QED) is 0.364. The number of amides is 1. The largest absolute Gasteiger partial charge is 0.444 e. The Bertz CT molecular complexity index is 1390. The Balaban J connectivity index is 1.55. The molecule has 6 nitrogen and oxygen atoms in total. The van der Waals surface area contributed by atoms with E-state index in [1.165, 1.54) is 10.6 Å². The highest BCUT2D eigenvalue weighted by Crippen LogP contribution is 2.38. The molecular formula is C27H26F2N4O2. The van der Waals surface area contributed by atoms with Crippen molar-refractivity contribution in [1.29, 1.82) is 0 Å². The van der Waals surface area contributed by atoms with Crippen molar-refractivity contribution in [3.8, 4) is 22.5 Å². The lowest BCUT2D eigenvalue weighted by Crippen LogP contribution is -2.34. The summed E-state index contributed by atoms with van der Waals surface area (Å²) >= 11 is 0. The van der Waals surface area contributed by atoms with E-state index < -0.39 is 18.1 Å². The van der Waals surface area contributed by atoms with Gasteiger partial charge in [0.15, 0.2) is 5.65 Å². The average molecular weight is 477 g/mol. The molecule has 0 bridgehead atoms. The lowest BCUT2D eigenvalue weighted by Gasteiger charge is -2.22. The van der Waals surface area contributed by atoms with Crippen molar-refractivity contribution >= 4 is 11.7 Å². The fraction of sp³-hybridized carbons (Fsp3) is 0.296. The lowest BCUT2D eigenvalue weighted by atomic mass is 10.00. The Morgan fingerprint density at radius 1 is 1.09 bits per heavy atom. The number of fused-ring (bicyclic) bond motifs is 2. The highest BCUT2D eigenvalue weighted by Gasteiger charge is 2.27. The van der Waals surface area contributed by atoms with Crippen molar-refractivity contribution in [3.05, 3.63) is 77.5 Å². The summed E-state index contributed by atoms with van der Waals surface area (Å²) < 4.78 is 33.7. The van der Waals surface area contributed by atoms with Gasteiger partial charge in [0, 0.05) is 11.1 Å². The number of carbonyl (C=O) groups is 1. The number of nitrogens with one attached hydrogen (secondary N) is 1. The third-order valence-corrected chi connectivity index (χ3v) is 5.95. The zero-order chi connectivity index (χ0) is 24.7. The number of hydrogen-bond donors (Lipinski definition) is 1. The van der Waals surface area contributed by atoms with Crippen LogP contribution in [0.15, 0.2) is 60.7 Å². The van der Waals surface area contributed by atoms with Crippen LogP contribution in [0, 0.1) is 0 Å². The van der Waals surface area contributed by atoms with Crippen molar-refractivity contribution in [1.82, 2.24) is 19.9 Å². The third-order valence-electron chi connectivity index (χ3n) is 5.95. The van der Waals surface area contributed by atoms with Crippen LogP contribution < -0.4 is 5.32 Å². The van der Waals surface area contributed by atoms with Gasteiger partial charge in [0.25, 0.3) is 6.43 Å². The summed E-state index contributed by atoms with van der Waals surface area (Å²) in [7, 11) is 0. The smallest absolute Gasteiger partial charge is 0.408 e. The standard InChI is InChI=1S/C27H26F2N4O2/c1-27(2,3)35-26(34)30-20-12-10-17-15-18(9-11-19(17)20)23-24(16-7-5-4-6-8-16)33-22(31-23)14-13-21(32-33)25(28)29/h4-9,11,13-15,20,25H,10,12H2,1-3H3,(H,30,34)/t20-/m0/s1. The first-order valence-corrected chi connectivity index (χ1v) is 11.6. The van der Waals surface area contributed by atoms with E-state index in [1.807, 2.05) is 63.2 Å². The maximum Gasteiger partial charge on any atom is 0.408 e. The number of benzene rings is 2. The van der Waals surface area contributed by atoms with Gasteiger partial charge in [-0.3, -0.25) is 0 Å². The number of hydrogen-bond acceptors (Lipinski definition) is 4. The molecule has 2 aromatic heterocycles. The van der Waals surface area contributed by atoms with E-state index in [0.29, 0.717) is 17.0 Å². The minimum atomic E-state index is -2.68. The number of alkyl carbamates (subject to hydrolysis) is 1. The van der Waals surface area contributed by atoms with E-state index in [2.05, 4.69) is 16.5 Å². The Morgan fingerprint density at radius 2 is 1.86 bits per heavy atom. The second-order valence-corrected chi connectivity index (χ2v) is 9.66. The summed E-state index contributed by atoms with van der Waals surface area (Å²) in [4.78, 5) is 17.0. The molecule has 1 aliphatic rings. The summed E-state index contributed by atoms with van der Waals surface area (Å²) in [6.45, 7) is 5.50. The van der Waals surface area contributed by atoms with Crippen LogP contribution >= 0.6 is 0 Å². The Labute approximate surface area is 202 Å². The molecule has 0 saturated heterocycles. The molecule has 5 rings (SSSR count). The molecule has 1 atom stereocenters. The van der Waals surface area contributed by atoms with Gasteiger partial charge in [-0.05, 0) is 62.9 Å². The maximum absolute atomic E-state index is 13.4. The lowest BCUT2D eigenvalue weighted by molar-refractivity contribution is 0.0503. The minimum Gasteiger partial charge on any atom is -0.444 e. The van der Waals surface area contributed by atoms with E-state index in [1.54, 1.807) is 6.07 Å². The molecule has 0 radical (unpaired) electrons. The van der Waals surface area contributed by atoms with Crippen LogP contribution in [0.1, 0.15) is 56.5 Å². The fourth-order valence-electron chi connectivity index (χ4n) is 4.48. The zero-order valence-electron chi connectivity index (χ0n) is 19.8. The van der Waals surface area contributed by atoms with Gasteiger partial charge in [0.1, 0.15) is 17.0 Å². The topological polar surface area (TPSA) is 68.5 Å². The molecule has 0 spiro atoms. The highest BCUT2D eigenvalue weighted by atomic mass is 19.3. The van der Waals surface area contributed by atoms with Crippen molar-refractivity contribution in [2.75, 3.05) is 0 Å². The average Bonchev–Trinajstić information content (AvgIpc) is 3.38. The predicted octanol–water partition coefficient (Wildman–Crippen LogP) is 6.51. The molecule has 0 unspecified atom stereocenters. The number of halogens is 2. The van der Waals surface area contributed by atoms with E-state index >= 15 is 0 Å². The SMILES string of the molecule is CC(C)(C)OC(=O)N[C@H]1CCc2cc(-c3nc4ccc(C(F)F)nn4c3-c3ccccc3)ccc21. The first-order chi connectivity index (χ1) is 16.7. The van der Waals surface area contributed by atoms with E-state index in [9.17, 15) is 13.6 Å². The molecule has 8 heteroatoms. The van der Waals surface area contributed by atoms with Crippen LogP contribution in [0.3, 0.4) is 0 Å². The molecule has 0 aliphatic heterocycles. The molecule has 180 valence electrons. The van der Waals surface area contributed by atoms with Crippen LogP contribution in [0.25, 0.3) is 28.2 Å². The first-order valence-electron chi connectivity index (χ1n) is 11.6. The van der Waals surface area contributed by atoms with Crippen LogP contribution in [0.2, 0.25) is 0 Å². The van der Waals surface area contributed by atoms with Crippen molar-refractivity contribution < 1.29 is 18.3 Å². The van der Waals surface area contributed by atoms with Gasteiger partial charge in [0.05, 0.1) is 11.7 Å². The molecule has 0 saturated carbocycles. The number of ether oxygens (including phenoxy) is 1. The number of alkyl halides is 2. The highest BCUT2D eigenvalue weighted by molar-refractivity contribution is 5.82. The molecule has 1 N–H and O–H groups in total. The minimum absolute atomic E-state index is 0.126. The molecule has 0 fully saturated rings. The number of imidazole rings is 1. The monoisotopic (exact) mass is 476 g/mol. The normalized spacial score (nSPS) is 15.4. The fourth-order valence-corrected chi connectivity index (χ4v) is 4.48. The Kier molecular flexibility index (Phi) is 5.75. The molecular weight excluding hydrogens is 450 g/mol. The van der Waals surface area contributed by atoms with Gasteiger partial charge < -0.3 is 10.1 Å². The Morgan fingerprint density at radius 3 is 2.57 bits per heavy atom. The number of nitrogens with zero attached hydrogens (tertiary/aromatic N) is 3. The summed E-state index contributed by atoms with van der Waals surface area (Å²) in [5, 5.41) is 7.15. The van der Waals surface area contributed by atoms with Gasteiger partial charge in [0.2, 0.25) is 0 Å². The summed E-state index contributed by atoms with van der Waals surface area (Å²) in [5.74, 6) is 0. The van der Waals surface area contributed by atoms with E-state index in [-0.39, 0.29) is 11.7 Å². The zero-order valence-corrected chi connectivity index (χ0v) is 19.8. The maximum atomic E-state index is 13.4.